The minimum absolute atomic E-state index is 0.895. The van der Waals surface area contributed by atoms with Crippen molar-refractivity contribution in [2.75, 3.05) is 0 Å². The lowest BCUT2D eigenvalue weighted by Gasteiger charge is -2.07. The summed E-state index contributed by atoms with van der Waals surface area (Å²) in [5, 5.41) is 0. The highest BCUT2D eigenvalue weighted by Gasteiger charge is 1.99. The highest BCUT2D eigenvalue weighted by Crippen LogP contribution is 2.22. The Balaban J connectivity index is 1.43. The maximum atomic E-state index is 5.86. The van der Waals surface area contributed by atoms with E-state index < -0.39 is 0 Å². The van der Waals surface area contributed by atoms with Crippen molar-refractivity contribution in [3.05, 3.63) is 60.2 Å². The van der Waals surface area contributed by atoms with Crippen molar-refractivity contribution < 1.29 is 4.74 Å². The van der Waals surface area contributed by atoms with Gasteiger partial charge in [-0.25, -0.2) is 0 Å². The zero-order valence-electron chi connectivity index (χ0n) is 18.0. The molecule has 0 saturated carbocycles. The van der Waals surface area contributed by atoms with Crippen LogP contribution in [0, 0.1) is 0 Å². The number of hydrogen-bond acceptors (Lipinski definition) is 1. The lowest BCUT2D eigenvalue weighted by molar-refractivity contribution is 0.482. The Hall–Kier alpha value is -1.76. The molecule has 2 aromatic carbocycles. The molecule has 0 radical (unpaired) electrons. The van der Waals surface area contributed by atoms with E-state index in [0.29, 0.717) is 0 Å². The normalized spacial score (nSPS) is 10.9. The fourth-order valence-electron chi connectivity index (χ4n) is 3.70. The number of hydrogen-bond donors (Lipinski definition) is 0. The molecular formula is C27H40O. The molecule has 0 fully saturated rings. The Morgan fingerprint density at radius 2 is 0.964 bits per heavy atom. The smallest absolute Gasteiger partial charge is 0.127 e. The third kappa shape index (κ3) is 10.5. The van der Waals surface area contributed by atoms with Gasteiger partial charge in [-0.05, 0) is 42.7 Å². The maximum absolute atomic E-state index is 5.86. The van der Waals surface area contributed by atoms with Gasteiger partial charge in [0.1, 0.15) is 11.5 Å². The quantitative estimate of drug-likeness (QED) is 0.264. The number of aryl methyl sites for hydroxylation is 1. The summed E-state index contributed by atoms with van der Waals surface area (Å²) in [5.74, 6) is 1.81. The Bertz CT molecular complexity index is 587. The van der Waals surface area contributed by atoms with Crippen LogP contribution in [-0.4, -0.2) is 0 Å². The predicted octanol–water partition coefficient (Wildman–Crippen LogP) is 9.11. The van der Waals surface area contributed by atoms with Crippen molar-refractivity contribution in [1.29, 1.82) is 0 Å². The van der Waals surface area contributed by atoms with Gasteiger partial charge < -0.3 is 4.74 Å². The maximum Gasteiger partial charge on any atom is 0.127 e. The van der Waals surface area contributed by atoms with E-state index in [1.807, 2.05) is 30.3 Å². The lowest BCUT2D eigenvalue weighted by Crippen LogP contribution is -1.88. The van der Waals surface area contributed by atoms with Crippen molar-refractivity contribution >= 4 is 0 Å². The third-order valence-electron chi connectivity index (χ3n) is 5.47. The van der Waals surface area contributed by atoms with Crippen molar-refractivity contribution in [1.82, 2.24) is 0 Å². The molecule has 0 aliphatic rings. The molecule has 0 aromatic heterocycles. The Morgan fingerprint density at radius 1 is 0.500 bits per heavy atom. The second-order valence-electron chi connectivity index (χ2n) is 8.05. The van der Waals surface area contributed by atoms with Crippen LogP contribution in [0.1, 0.15) is 96.0 Å². The second-order valence-corrected chi connectivity index (χ2v) is 8.05. The van der Waals surface area contributed by atoms with Gasteiger partial charge in [0.05, 0.1) is 0 Å². The van der Waals surface area contributed by atoms with Crippen LogP contribution in [0.15, 0.2) is 54.6 Å². The largest absolute Gasteiger partial charge is 0.457 e. The number of unbranched alkanes of at least 4 members (excludes halogenated alkanes) is 12. The first kappa shape index (κ1) is 22.5. The Labute approximate surface area is 173 Å². The molecule has 1 heteroatoms. The molecule has 0 atom stereocenters. The van der Waals surface area contributed by atoms with Crippen molar-refractivity contribution in [3.8, 4) is 11.5 Å². The van der Waals surface area contributed by atoms with E-state index >= 15 is 0 Å². The molecule has 0 amide bonds. The molecule has 0 unspecified atom stereocenters. The van der Waals surface area contributed by atoms with E-state index in [1.165, 1.54) is 95.5 Å². The summed E-state index contributed by atoms with van der Waals surface area (Å²) < 4.78 is 5.86. The van der Waals surface area contributed by atoms with Crippen molar-refractivity contribution in [2.24, 2.45) is 0 Å². The van der Waals surface area contributed by atoms with E-state index in [2.05, 4.69) is 31.2 Å². The average Bonchev–Trinajstić information content (AvgIpc) is 2.73. The summed E-state index contributed by atoms with van der Waals surface area (Å²) in [4.78, 5) is 0. The predicted molar refractivity (Wildman–Crippen MR) is 122 cm³/mol. The summed E-state index contributed by atoms with van der Waals surface area (Å²) >= 11 is 0. The third-order valence-corrected chi connectivity index (χ3v) is 5.47. The van der Waals surface area contributed by atoms with Crippen LogP contribution >= 0.6 is 0 Å². The first-order valence-corrected chi connectivity index (χ1v) is 11.7. The van der Waals surface area contributed by atoms with Crippen LogP contribution in [0.4, 0.5) is 0 Å². The average molecular weight is 381 g/mol. The first-order valence-electron chi connectivity index (χ1n) is 11.7. The van der Waals surface area contributed by atoms with E-state index in [1.54, 1.807) is 0 Å². The molecule has 0 heterocycles. The van der Waals surface area contributed by atoms with Gasteiger partial charge in [-0.3, -0.25) is 0 Å². The van der Waals surface area contributed by atoms with Gasteiger partial charge in [-0.15, -0.1) is 0 Å². The molecule has 28 heavy (non-hydrogen) atoms. The molecule has 0 aliphatic carbocycles. The van der Waals surface area contributed by atoms with Crippen LogP contribution in [0.3, 0.4) is 0 Å². The topological polar surface area (TPSA) is 9.23 Å². The fraction of sp³-hybridized carbons (Fsp3) is 0.556. The zero-order valence-corrected chi connectivity index (χ0v) is 18.0. The molecule has 0 aliphatic heterocycles. The number of para-hydroxylation sites is 1. The minimum atomic E-state index is 0.895. The fourth-order valence-corrected chi connectivity index (χ4v) is 3.70. The second kappa shape index (κ2) is 15.2. The number of benzene rings is 2. The molecule has 154 valence electrons. The van der Waals surface area contributed by atoms with E-state index in [-0.39, 0.29) is 0 Å². The molecular weight excluding hydrogens is 340 g/mol. The molecule has 2 rings (SSSR count). The van der Waals surface area contributed by atoms with Gasteiger partial charge >= 0.3 is 0 Å². The summed E-state index contributed by atoms with van der Waals surface area (Å²) in [6.07, 6.45) is 19.6. The van der Waals surface area contributed by atoms with Gasteiger partial charge in [0.25, 0.3) is 0 Å². The number of ether oxygens (including phenoxy) is 1. The highest BCUT2D eigenvalue weighted by molar-refractivity contribution is 5.32. The van der Waals surface area contributed by atoms with Gasteiger partial charge in [0, 0.05) is 0 Å². The van der Waals surface area contributed by atoms with Gasteiger partial charge in [-0.1, -0.05) is 114 Å². The standard InChI is InChI=1S/C27H40O/c1-2-3-4-5-6-7-8-9-10-11-12-13-15-18-25-21-23-27(24-22-25)28-26-19-16-14-17-20-26/h14,16-17,19-24H,2-13,15,18H2,1H3. The Morgan fingerprint density at radius 3 is 1.50 bits per heavy atom. The van der Waals surface area contributed by atoms with E-state index in [9.17, 15) is 0 Å². The Kier molecular flexibility index (Phi) is 12.2. The summed E-state index contributed by atoms with van der Waals surface area (Å²) in [6.45, 7) is 2.29. The van der Waals surface area contributed by atoms with Gasteiger partial charge in [-0.2, -0.15) is 0 Å². The number of rotatable bonds is 16. The molecule has 0 N–H and O–H groups in total. The SMILES string of the molecule is CCCCCCCCCCCCCCCc1ccc(Oc2ccccc2)cc1. The lowest BCUT2D eigenvalue weighted by atomic mass is 10.0. The minimum Gasteiger partial charge on any atom is -0.457 e. The first-order chi connectivity index (χ1) is 13.9. The molecule has 1 nitrogen and oxygen atoms in total. The van der Waals surface area contributed by atoms with Crippen molar-refractivity contribution in [2.45, 2.75) is 96.8 Å². The van der Waals surface area contributed by atoms with Crippen LogP contribution in [0.5, 0.6) is 11.5 Å². The van der Waals surface area contributed by atoms with Gasteiger partial charge in [0.2, 0.25) is 0 Å². The molecule has 0 spiro atoms. The molecule has 0 saturated heterocycles. The monoisotopic (exact) mass is 380 g/mol. The summed E-state index contributed by atoms with van der Waals surface area (Å²) in [7, 11) is 0. The highest BCUT2D eigenvalue weighted by atomic mass is 16.5. The summed E-state index contributed by atoms with van der Waals surface area (Å²) in [5.41, 5.74) is 1.42. The van der Waals surface area contributed by atoms with E-state index in [4.69, 9.17) is 4.74 Å². The molecule has 0 bridgehead atoms. The van der Waals surface area contributed by atoms with E-state index in [0.717, 1.165) is 11.5 Å². The van der Waals surface area contributed by atoms with Crippen LogP contribution in [0.25, 0.3) is 0 Å². The van der Waals surface area contributed by atoms with Crippen LogP contribution in [-0.2, 0) is 6.42 Å². The molecule has 2 aromatic rings. The van der Waals surface area contributed by atoms with Crippen molar-refractivity contribution in [3.63, 3.8) is 0 Å². The van der Waals surface area contributed by atoms with Gasteiger partial charge in [0.15, 0.2) is 0 Å². The van der Waals surface area contributed by atoms with Crippen LogP contribution < -0.4 is 4.74 Å². The van der Waals surface area contributed by atoms with Crippen LogP contribution in [0.2, 0.25) is 0 Å². The summed E-state index contributed by atoms with van der Waals surface area (Å²) in [6, 6.07) is 18.6. The zero-order chi connectivity index (χ0) is 19.7.